The van der Waals surface area contributed by atoms with Crippen molar-refractivity contribution in [2.45, 2.75) is 0 Å². The SMILES string of the molecule is OB(O)c1cccc2c3ccccc3n(-c3ccc(-c4cc(-c5ccccc5)cc(-c5ccccc5)n4)cc3)c12. The summed E-state index contributed by atoms with van der Waals surface area (Å²) in [5.41, 5.74) is 9.34. The quantitative estimate of drug-likeness (QED) is 0.246. The van der Waals surface area contributed by atoms with E-state index in [-0.39, 0.29) is 0 Å². The second-order valence-corrected chi connectivity index (χ2v) is 9.87. The molecule has 40 heavy (non-hydrogen) atoms. The van der Waals surface area contributed by atoms with Gasteiger partial charge in [0.05, 0.1) is 22.4 Å². The topological polar surface area (TPSA) is 58.3 Å². The largest absolute Gasteiger partial charge is 0.490 e. The van der Waals surface area contributed by atoms with Gasteiger partial charge in [0.2, 0.25) is 0 Å². The molecule has 0 fully saturated rings. The van der Waals surface area contributed by atoms with Gasteiger partial charge in [-0.3, -0.25) is 0 Å². The summed E-state index contributed by atoms with van der Waals surface area (Å²) >= 11 is 0. The lowest BCUT2D eigenvalue weighted by atomic mass is 9.79. The molecule has 0 aliphatic rings. The predicted octanol–water partition coefficient (Wildman–Crippen LogP) is 6.86. The fourth-order valence-corrected chi connectivity index (χ4v) is 5.54. The molecule has 0 spiro atoms. The van der Waals surface area contributed by atoms with Crippen molar-refractivity contribution < 1.29 is 10.0 Å². The molecule has 0 saturated carbocycles. The van der Waals surface area contributed by atoms with Crippen molar-refractivity contribution >= 4 is 34.4 Å². The van der Waals surface area contributed by atoms with E-state index in [4.69, 9.17) is 4.98 Å². The first-order chi connectivity index (χ1) is 19.7. The van der Waals surface area contributed by atoms with Crippen LogP contribution in [0.3, 0.4) is 0 Å². The van der Waals surface area contributed by atoms with Gasteiger partial charge < -0.3 is 14.6 Å². The molecule has 0 radical (unpaired) electrons. The maximum absolute atomic E-state index is 10.2. The van der Waals surface area contributed by atoms with E-state index >= 15 is 0 Å². The minimum atomic E-state index is -1.58. The van der Waals surface area contributed by atoms with Gasteiger partial charge in [-0.15, -0.1) is 0 Å². The Hall–Kier alpha value is -4.97. The van der Waals surface area contributed by atoms with Crippen molar-refractivity contribution in [2.24, 2.45) is 0 Å². The van der Waals surface area contributed by atoms with Gasteiger partial charge in [-0.25, -0.2) is 4.98 Å². The maximum Gasteiger partial charge on any atom is 0.490 e. The van der Waals surface area contributed by atoms with Crippen molar-refractivity contribution in [1.29, 1.82) is 0 Å². The van der Waals surface area contributed by atoms with E-state index in [0.717, 1.165) is 61.1 Å². The zero-order valence-electron chi connectivity index (χ0n) is 21.6. The summed E-state index contributed by atoms with van der Waals surface area (Å²) in [5, 5.41) is 22.4. The van der Waals surface area contributed by atoms with E-state index < -0.39 is 7.12 Å². The fraction of sp³-hybridized carbons (Fsp3) is 0. The highest BCUT2D eigenvalue weighted by molar-refractivity contribution is 6.62. The number of hydrogen-bond donors (Lipinski definition) is 2. The Morgan fingerprint density at radius 2 is 1.07 bits per heavy atom. The molecule has 0 aliphatic carbocycles. The van der Waals surface area contributed by atoms with Crippen molar-refractivity contribution in [1.82, 2.24) is 9.55 Å². The van der Waals surface area contributed by atoms with Crippen molar-refractivity contribution in [2.75, 3.05) is 0 Å². The summed E-state index contributed by atoms with van der Waals surface area (Å²) in [6, 6.07) is 47.0. The second-order valence-electron chi connectivity index (χ2n) is 9.87. The molecule has 0 atom stereocenters. The minimum Gasteiger partial charge on any atom is -0.423 e. The lowest BCUT2D eigenvalue weighted by molar-refractivity contribution is 0.426. The van der Waals surface area contributed by atoms with Crippen LogP contribution in [0, 0.1) is 0 Å². The molecule has 0 aliphatic heterocycles. The van der Waals surface area contributed by atoms with Gasteiger partial charge in [0.1, 0.15) is 0 Å². The zero-order valence-corrected chi connectivity index (χ0v) is 21.6. The number of rotatable bonds is 5. The third-order valence-corrected chi connectivity index (χ3v) is 7.43. The molecule has 7 aromatic rings. The second kappa shape index (κ2) is 9.97. The Bertz CT molecular complexity index is 1910. The fourth-order valence-electron chi connectivity index (χ4n) is 5.54. The highest BCUT2D eigenvalue weighted by Gasteiger charge is 2.21. The molecule has 2 heterocycles. The smallest absolute Gasteiger partial charge is 0.423 e. The predicted molar refractivity (Wildman–Crippen MR) is 165 cm³/mol. The number of aromatic nitrogens is 2. The van der Waals surface area contributed by atoms with Gasteiger partial charge in [0, 0.05) is 33.0 Å². The monoisotopic (exact) mass is 516 g/mol. The molecule has 0 saturated heterocycles. The number of fused-ring (bicyclic) bond motifs is 3. The van der Waals surface area contributed by atoms with Gasteiger partial charge in [-0.1, -0.05) is 109 Å². The lowest BCUT2D eigenvalue weighted by Gasteiger charge is -2.13. The van der Waals surface area contributed by atoms with Crippen LogP contribution >= 0.6 is 0 Å². The van der Waals surface area contributed by atoms with E-state index in [0.29, 0.717) is 5.46 Å². The summed E-state index contributed by atoms with van der Waals surface area (Å²) in [7, 11) is -1.58. The molecular weight excluding hydrogens is 491 g/mol. The summed E-state index contributed by atoms with van der Waals surface area (Å²) in [6.45, 7) is 0. The minimum absolute atomic E-state index is 0.475. The van der Waals surface area contributed by atoms with E-state index in [1.165, 1.54) is 0 Å². The van der Waals surface area contributed by atoms with Gasteiger partial charge in [0.25, 0.3) is 0 Å². The molecule has 0 bridgehead atoms. The van der Waals surface area contributed by atoms with Crippen LogP contribution in [-0.4, -0.2) is 26.7 Å². The number of benzene rings is 5. The van der Waals surface area contributed by atoms with Crippen LogP contribution in [0.2, 0.25) is 0 Å². The molecule has 2 aromatic heterocycles. The van der Waals surface area contributed by atoms with Crippen molar-refractivity contribution in [3.8, 4) is 39.3 Å². The number of para-hydroxylation sites is 2. The molecule has 7 rings (SSSR count). The molecule has 5 aromatic carbocycles. The average Bonchev–Trinajstić information content (AvgIpc) is 3.36. The van der Waals surface area contributed by atoms with E-state index in [1.807, 2.05) is 48.5 Å². The summed E-state index contributed by atoms with van der Waals surface area (Å²) in [4.78, 5) is 5.06. The molecular formula is C35H25BN2O2. The molecule has 4 nitrogen and oxygen atoms in total. The Morgan fingerprint density at radius 3 is 1.75 bits per heavy atom. The van der Waals surface area contributed by atoms with Crippen LogP contribution in [-0.2, 0) is 0 Å². The number of pyridine rings is 1. The summed E-state index contributed by atoms with van der Waals surface area (Å²) < 4.78 is 2.10. The van der Waals surface area contributed by atoms with Crippen LogP contribution < -0.4 is 5.46 Å². The number of hydrogen-bond acceptors (Lipinski definition) is 3. The zero-order chi connectivity index (χ0) is 27.1. The molecule has 0 unspecified atom stereocenters. The van der Waals surface area contributed by atoms with Crippen LogP contribution in [0.25, 0.3) is 61.1 Å². The third kappa shape index (κ3) is 4.18. The van der Waals surface area contributed by atoms with E-state index in [2.05, 4.69) is 89.5 Å². The molecule has 5 heteroatoms. The van der Waals surface area contributed by atoms with Gasteiger partial charge in [-0.05, 0) is 41.5 Å². The Kier molecular flexibility index (Phi) is 6.01. The first kappa shape index (κ1) is 24.1. The molecule has 190 valence electrons. The summed E-state index contributed by atoms with van der Waals surface area (Å²) in [5.74, 6) is 0. The highest BCUT2D eigenvalue weighted by atomic mass is 16.4. The summed E-state index contributed by atoms with van der Waals surface area (Å²) in [6.07, 6.45) is 0. The van der Waals surface area contributed by atoms with Crippen molar-refractivity contribution in [3.63, 3.8) is 0 Å². The van der Waals surface area contributed by atoms with Crippen LogP contribution in [0.1, 0.15) is 0 Å². The standard InChI is InChI=1S/C35H25BN2O2/c39-36(40)31-16-9-15-30-29-14-7-8-17-34(29)38(35(30)31)28-20-18-26(19-21-28)33-23-27(24-10-3-1-4-11-24)22-32(37-33)25-12-5-2-6-13-25/h1-23,39-40H. The first-order valence-corrected chi connectivity index (χ1v) is 13.3. The van der Waals surface area contributed by atoms with Crippen LogP contribution in [0.5, 0.6) is 0 Å². The maximum atomic E-state index is 10.2. The lowest BCUT2D eigenvalue weighted by Crippen LogP contribution is -2.31. The highest BCUT2D eigenvalue weighted by Crippen LogP contribution is 2.33. The van der Waals surface area contributed by atoms with E-state index in [1.54, 1.807) is 6.07 Å². The average molecular weight is 516 g/mol. The first-order valence-electron chi connectivity index (χ1n) is 13.3. The van der Waals surface area contributed by atoms with Crippen LogP contribution in [0.4, 0.5) is 0 Å². The van der Waals surface area contributed by atoms with Crippen LogP contribution in [0.15, 0.2) is 140 Å². The van der Waals surface area contributed by atoms with Crippen molar-refractivity contribution in [3.05, 3.63) is 140 Å². The normalized spacial score (nSPS) is 11.2. The van der Waals surface area contributed by atoms with Gasteiger partial charge in [0.15, 0.2) is 0 Å². The Morgan fingerprint density at radius 1 is 0.500 bits per heavy atom. The Labute approximate surface area is 232 Å². The molecule has 2 N–H and O–H groups in total. The van der Waals surface area contributed by atoms with E-state index in [9.17, 15) is 10.0 Å². The molecule has 0 amide bonds. The Balaban J connectivity index is 1.39. The van der Waals surface area contributed by atoms with Gasteiger partial charge >= 0.3 is 7.12 Å². The third-order valence-electron chi connectivity index (χ3n) is 7.43. The van der Waals surface area contributed by atoms with Gasteiger partial charge in [-0.2, -0.15) is 0 Å². The number of nitrogens with zero attached hydrogens (tertiary/aromatic N) is 2.